The molecule has 0 bridgehead atoms. The van der Waals surface area contributed by atoms with Crippen LogP contribution >= 0.6 is 0 Å². The zero-order valence-corrected chi connectivity index (χ0v) is 16.8. The fourth-order valence-corrected chi connectivity index (χ4v) is 3.86. The van der Waals surface area contributed by atoms with Crippen LogP contribution in [0.3, 0.4) is 0 Å². The van der Waals surface area contributed by atoms with E-state index >= 15 is 0 Å². The first-order chi connectivity index (χ1) is 15.4. The number of halogens is 3. The van der Waals surface area contributed by atoms with Crippen LogP contribution in [0, 0.1) is 0 Å². The lowest BCUT2D eigenvalue weighted by Gasteiger charge is -2.10. The molecule has 1 N–H and O–H groups in total. The van der Waals surface area contributed by atoms with Crippen LogP contribution in [-0.2, 0) is 6.18 Å². The van der Waals surface area contributed by atoms with Gasteiger partial charge in [0.05, 0.1) is 18.4 Å². The van der Waals surface area contributed by atoms with Crippen LogP contribution in [0.4, 0.5) is 13.2 Å². The van der Waals surface area contributed by atoms with Crippen molar-refractivity contribution in [1.29, 1.82) is 0 Å². The second-order valence-corrected chi connectivity index (χ2v) is 7.26. The monoisotopic (exact) mass is 435 g/mol. The maximum atomic E-state index is 14.0. The third kappa shape index (κ3) is 3.20. The van der Waals surface area contributed by atoms with Crippen molar-refractivity contribution in [1.82, 2.24) is 14.6 Å². The van der Waals surface area contributed by atoms with Crippen molar-refractivity contribution in [2.24, 2.45) is 0 Å². The van der Waals surface area contributed by atoms with Gasteiger partial charge in [-0.15, -0.1) is 0 Å². The minimum atomic E-state index is -4.75. The molecule has 5 nitrogen and oxygen atoms in total. The molecule has 0 aliphatic rings. The molecule has 0 aliphatic carbocycles. The lowest BCUT2D eigenvalue weighted by atomic mass is 9.98. The van der Waals surface area contributed by atoms with E-state index < -0.39 is 17.4 Å². The van der Waals surface area contributed by atoms with E-state index in [1.165, 1.54) is 13.2 Å². The van der Waals surface area contributed by atoms with E-state index in [1.807, 2.05) is 18.2 Å². The molecule has 0 atom stereocenters. The van der Waals surface area contributed by atoms with Gasteiger partial charge in [-0.05, 0) is 46.2 Å². The van der Waals surface area contributed by atoms with Gasteiger partial charge in [0.15, 0.2) is 5.69 Å². The van der Waals surface area contributed by atoms with Gasteiger partial charge >= 0.3 is 6.18 Å². The molecule has 5 aromatic rings. The minimum absolute atomic E-state index is 0.0213. The van der Waals surface area contributed by atoms with Gasteiger partial charge in [0.1, 0.15) is 11.4 Å². The Bertz CT molecular complexity index is 1510. The van der Waals surface area contributed by atoms with E-state index in [0.717, 1.165) is 9.90 Å². The summed E-state index contributed by atoms with van der Waals surface area (Å²) in [4.78, 5) is 15.8. The van der Waals surface area contributed by atoms with E-state index in [4.69, 9.17) is 4.74 Å². The molecule has 0 saturated heterocycles. The molecule has 0 spiro atoms. The molecule has 0 amide bonds. The Morgan fingerprint density at radius 3 is 2.41 bits per heavy atom. The normalized spacial score (nSPS) is 11.9. The van der Waals surface area contributed by atoms with Gasteiger partial charge in [-0.25, -0.2) is 0 Å². The van der Waals surface area contributed by atoms with Gasteiger partial charge in [0, 0.05) is 6.07 Å². The van der Waals surface area contributed by atoms with Gasteiger partial charge in [0.2, 0.25) is 0 Å². The van der Waals surface area contributed by atoms with Crippen molar-refractivity contribution in [3.8, 4) is 28.1 Å². The maximum Gasteiger partial charge on any atom is 0.435 e. The summed E-state index contributed by atoms with van der Waals surface area (Å²) in [5, 5.41) is 5.07. The Kier molecular flexibility index (Phi) is 4.51. The van der Waals surface area contributed by atoms with Crippen molar-refractivity contribution in [3.05, 3.63) is 88.8 Å². The van der Waals surface area contributed by atoms with Gasteiger partial charge in [-0.2, -0.15) is 22.8 Å². The molecule has 0 radical (unpaired) electrons. The molecular formula is C24H16F3N3O2. The third-order valence-corrected chi connectivity index (χ3v) is 5.34. The summed E-state index contributed by atoms with van der Waals surface area (Å²) in [5.74, 6) is 0.623. The van der Waals surface area contributed by atoms with Crippen molar-refractivity contribution < 1.29 is 17.9 Å². The number of methoxy groups -OCH3 is 1. The minimum Gasteiger partial charge on any atom is -0.497 e. The Morgan fingerprint density at radius 1 is 0.969 bits per heavy atom. The smallest absolute Gasteiger partial charge is 0.435 e. The number of fused-ring (bicyclic) bond motifs is 2. The number of alkyl halides is 3. The first-order valence-electron chi connectivity index (χ1n) is 9.72. The Balaban J connectivity index is 1.85. The maximum absolute atomic E-state index is 14.0. The number of hydrogen-bond acceptors (Lipinski definition) is 3. The molecule has 8 heteroatoms. The van der Waals surface area contributed by atoms with Crippen LogP contribution < -0.4 is 10.3 Å². The number of aromatic amines is 1. The van der Waals surface area contributed by atoms with Crippen LogP contribution in [-0.4, -0.2) is 21.7 Å². The number of H-pyrrole nitrogens is 1. The second kappa shape index (κ2) is 7.26. The van der Waals surface area contributed by atoms with Crippen LogP contribution in [0.1, 0.15) is 5.69 Å². The van der Waals surface area contributed by atoms with Crippen LogP contribution in [0.25, 0.3) is 38.8 Å². The lowest BCUT2D eigenvalue weighted by molar-refractivity contribution is -0.140. The number of rotatable bonds is 3. The van der Waals surface area contributed by atoms with Gasteiger partial charge in [-0.3, -0.25) is 4.79 Å². The SMILES string of the molecule is COc1ccc(-c2cc(=O)n3nc(C(F)(F)F)c(-c4cccc5ccccc45)c3[nH]2)cc1. The highest BCUT2D eigenvalue weighted by Gasteiger charge is 2.39. The molecule has 2 heterocycles. The third-order valence-electron chi connectivity index (χ3n) is 5.34. The number of aromatic nitrogens is 3. The molecule has 32 heavy (non-hydrogen) atoms. The van der Waals surface area contributed by atoms with E-state index in [2.05, 4.69) is 10.1 Å². The van der Waals surface area contributed by atoms with Crippen LogP contribution in [0.2, 0.25) is 0 Å². The Hall–Kier alpha value is -4.07. The Labute approximate surface area is 179 Å². The van der Waals surface area contributed by atoms with Crippen molar-refractivity contribution in [2.75, 3.05) is 7.11 Å². The molecule has 0 saturated carbocycles. The van der Waals surface area contributed by atoms with Gasteiger partial charge in [-0.1, -0.05) is 42.5 Å². The molecular weight excluding hydrogens is 419 g/mol. The van der Waals surface area contributed by atoms with E-state index in [0.29, 0.717) is 28.0 Å². The molecule has 0 unspecified atom stereocenters. The number of ether oxygens (including phenoxy) is 1. The average Bonchev–Trinajstić information content (AvgIpc) is 3.19. The van der Waals surface area contributed by atoms with Crippen molar-refractivity contribution in [2.45, 2.75) is 6.18 Å². The van der Waals surface area contributed by atoms with Gasteiger partial charge < -0.3 is 9.72 Å². The predicted molar refractivity (Wildman–Crippen MR) is 116 cm³/mol. The second-order valence-electron chi connectivity index (χ2n) is 7.26. The molecule has 0 aliphatic heterocycles. The molecule has 160 valence electrons. The fraction of sp³-hybridized carbons (Fsp3) is 0.0833. The highest BCUT2D eigenvalue weighted by Crippen LogP contribution is 2.40. The van der Waals surface area contributed by atoms with Gasteiger partial charge in [0.25, 0.3) is 5.56 Å². The summed E-state index contributed by atoms with van der Waals surface area (Å²) < 4.78 is 47.9. The number of nitrogens with zero attached hydrogens (tertiary/aromatic N) is 2. The average molecular weight is 435 g/mol. The number of nitrogens with one attached hydrogen (secondary N) is 1. The summed E-state index contributed by atoms with van der Waals surface area (Å²) in [6.07, 6.45) is -4.75. The quantitative estimate of drug-likeness (QED) is 0.405. The summed E-state index contributed by atoms with van der Waals surface area (Å²) >= 11 is 0. The molecule has 0 fully saturated rings. The molecule has 2 aromatic heterocycles. The largest absolute Gasteiger partial charge is 0.497 e. The predicted octanol–water partition coefficient (Wildman–Crippen LogP) is 5.54. The highest BCUT2D eigenvalue weighted by atomic mass is 19.4. The van der Waals surface area contributed by atoms with Crippen molar-refractivity contribution in [3.63, 3.8) is 0 Å². The van der Waals surface area contributed by atoms with Crippen LogP contribution in [0.5, 0.6) is 5.75 Å². The molecule has 3 aromatic carbocycles. The Morgan fingerprint density at radius 2 is 1.69 bits per heavy atom. The lowest BCUT2D eigenvalue weighted by Crippen LogP contribution is -2.15. The number of benzene rings is 3. The number of hydrogen-bond donors (Lipinski definition) is 1. The summed E-state index contributed by atoms with van der Waals surface area (Å²) in [5.41, 5.74) is -0.623. The standard InChI is InChI=1S/C24H16F3N3O2/c1-32-16-11-9-15(10-12-16)19-13-20(31)30-23(28-19)21(22(29-30)24(25,26)27)18-8-4-6-14-5-2-3-7-17(14)18/h2-13,28H,1H3. The summed E-state index contributed by atoms with van der Waals surface area (Å²) in [6.45, 7) is 0. The summed E-state index contributed by atoms with van der Waals surface area (Å²) in [7, 11) is 1.53. The summed E-state index contributed by atoms with van der Waals surface area (Å²) in [6, 6.07) is 20.4. The van der Waals surface area contributed by atoms with E-state index in [-0.39, 0.29) is 11.2 Å². The molecule has 5 rings (SSSR count). The van der Waals surface area contributed by atoms with E-state index in [1.54, 1.807) is 48.5 Å². The fourth-order valence-electron chi connectivity index (χ4n) is 3.86. The van der Waals surface area contributed by atoms with Crippen LogP contribution in [0.15, 0.2) is 77.6 Å². The zero-order valence-electron chi connectivity index (χ0n) is 16.8. The first kappa shape index (κ1) is 19.9. The van der Waals surface area contributed by atoms with Crippen molar-refractivity contribution >= 4 is 16.4 Å². The topological polar surface area (TPSA) is 59.4 Å². The first-order valence-corrected chi connectivity index (χ1v) is 9.72. The van der Waals surface area contributed by atoms with E-state index in [9.17, 15) is 18.0 Å². The highest BCUT2D eigenvalue weighted by molar-refractivity contribution is 6.00. The zero-order chi connectivity index (χ0) is 22.5.